The van der Waals surface area contributed by atoms with Crippen molar-refractivity contribution in [1.82, 2.24) is 19.9 Å². The van der Waals surface area contributed by atoms with Gasteiger partial charge in [0.15, 0.2) is 5.82 Å². The summed E-state index contributed by atoms with van der Waals surface area (Å²) < 4.78 is 12.6. The highest BCUT2D eigenvalue weighted by Gasteiger charge is 2.17. The first kappa shape index (κ1) is 15.5. The zero-order valence-corrected chi connectivity index (χ0v) is 15.8. The van der Waals surface area contributed by atoms with Gasteiger partial charge < -0.3 is 9.47 Å². The number of ether oxygens (including phenoxy) is 2. The summed E-state index contributed by atoms with van der Waals surface area (Å²) in [6.45, 7) is 0. The van der Waals surface area contributed by atoms with Crippen molar-refractivity contribution < 1.29 is 9.47 Å². The monoisotopic (exact) mass is 450 g/mol. The molecule has 24 heavy (non-hydrogen) atoms. The maximum absolute atomic E-state index is 5.46. The number of fused-ring (bicyclic) bond motifs is 3. The molecule has 0 fully saturated rings. The highest BCUT2D eigenvalue weighted by molar-refractivity contribution is 14.1. The number of hydrogen-bond acceptors (Lipinski definition) is 7. The van der Waals surface area contributed by atoms with Crippen LogP contribution in [0.25, 0.3) is 32.0 Å². The van der Waals surface area contributed by atoms with E-state index in [1.54, 1.807) is 38.0 Å². The molecule has 8 heteroatoms. The van der Waals surface area contributed by atoms with E-state index in [2.05, 4.69) is 37.5 Å². The van der Waals surface area contributed by atoms with Crippen molar-refractivity contribution in [3.05, 3.63) is 34.3 Å². The number of halogens is 1. The van der Waals surface area contributed by atoms with E-state index in [9.17, 15) is 0 Å². The van der Waals surface area contributed by atoms with E-state index in [0.29, 0.717) is 11.6 Å². The van der Waals surface area contributed by atoms with Crippen molar-refractivity contribution in [2.24, 2.45) is 0 Å². The number of benzene rings is 1. The van der Waals surface area contributed by atoms with E-state index in [4.69, 9.17) is 14.5 Å². The molecule has 0 bridgehead atoms. The van der Waals surface area contributed by atoms with Gasteiger partial charge in [0.05, 0.1) is 24.5 Å². The van der Waals surface area contributed by atoms with Crippen LogP contribution in [0.3, 0.4) is 0 Å². The molecule has 6 nitrogen and oxygen atoms in total. The maximum atomic E-state index is 5.46. The van der Waals surface area contributed by atoms with E-state index < -0.39 is 0 Å². The molecule has 1 aromatic carbocycles. The summed E-state index contributed by atoms with van der Waals surface area (Å²) >= 11 is 3.77. The molecule has 0 unspecified atom stereocenters. The number of hydrogen-bond donors (Lipinski definition) is 0. The Morgan fingerprint density at radius 2 is 1.83 bits per heavy atom. The Labute approximate surface area is 155 Å². The number of thiophene rings is 1. The predicted octanol–water partition coefficient (Wildman–Crippen LogP) is 3.92. The molecule has 3 aromatic heterocycles. The van der Waals surface area contributed by atoms with Crippen LogP contribution in [0.1, 0.15) is 0 Å². The van der Waals surface area contributed by atoms with Crippen LogP contribution < -0.4 is 9.47 Å². The molecule has 0 aliphatic carbocycles. The zero-order chi connectivity index (χ0) is 16.7. The van der Waals surface area contributed by atoms with Crippen LogP contribution >= 0.6 is 33.9 Å². The van der Waals surface area contributed by atoms with Gasteiger partial charge in [-0.1, -0.05) is 0 Å². The van der Waals surface area contributed by atoms with Crippen LogP contribution in [-0.2, 0) is 0 Å². The SMILES string of the molecule is COc1ccc(OC)c(-c2nc(I)c3sc4nccnc4c3n2)c1. The second-order valence-corrected chi connectivity index (χ2v) is 6.92. The largest absolute Gasteiger partial charge is 0.497 e. The van der Waals surface area contributed by atoms with Crippen molar-refractivity contribution >= 4 is 54.5 Å². The van der Waals surface area contributed by atoms with Gasteiger partial charge in [-0.15, -0.1) is 11.3 Å². The third kappa shape index (κ3) is 2.46. The number of nitrogens with zero attached hydrogens (tertiary/aromatic N) is 4. The molecule has 0 radical (unpaired) electrons. The Kier molecular flexibility index (Phi) is 3.93. The highest BCUT2D eigenvalue weighted by Crippen LogP contribution is 2.36. The summed E-state index contributed by atoms with van der Waals surface area (Å²) in [7, 11) is 3.25. The summed E-state index contributed by atoms with van der Waals surface area (Å²) in [5, 5.41) is 0. The average Bonchev–Trinajstić information content (AvgIpc) is 3.00. The van der Waals surface area contributed by atoms with E-state index >= 15 is 0 Å². The molecule has 0 N–H and O–H groups in total. The van der Waals surface area contributed by atoms with Crippen LogP contribution in [0.4, 0.5) is 0 Å². The van der Waals surface area contributed by atoms with Gasteiger partial charge in [0, 0.05) is 12.4 Å². The second kappa shape index (κ2) is 6.10. The summed E-state index contributed by atoms with van der Waals surface area (Å²) in [4.78, 5) is 19.0. The van der Waals surface area contributed by atoms with Crippen LogP contribution in [0.5, 0.6) is 11.5 Å². The lowest BCUT2D eigenvalue weighted by Gasteiger charge is -2.10. The van der Waals surface area contributed by atoms with E-state index in [-0.39, 0.29) is 0 Å². The van der Waals surface area contributed by atoms with Gasteiger partial charge >= 0.3 is 0 Å². The molecule has 0 spiro atoms. The van der Waals surface area contributed by atoms with Gasteiger partial charge in [-0.2, -0.15) is 0 Å². The fourth-order valence-corrected chi connectivity index (χ4v) is 4.18. The molecule has 0 saturated heterocycles. The lowest BCUT2D eigenvalue weighted by molar-refractivity contribution is 0.404. The molecule has 0 amide bonds. The fourth-order valence-electron chi connectivity index (χ4n) is 2.44. The first-order valence-electron chi connectivity index (χ1n) is 7.00. The first-order chi connectivity index (χ1) is 11.7. The lowest BCUT2D eigenvalue weighted by atomic mass is 10.1. The molecular weight excluding hydrogens is 439 g/mol. The molecule has 0 atom stereocenters. The smallest absolute Gasteiger partial charge is 0.165 e. The van der Waals surface area contributed by atoms with E-state index in [1.807, 2.05) is 18.2 Å². The van der Waals surface area contributed by atoms with Crippen LogP contribution in [0.2, 0.25) is 0 Å². The Hall–Kier alpha value is -2.07. The third-order valence-electron chi connectivity index (χ3n) is 3.56. The first-order valence-corrected chi connectivity index (χ1v) is 8.90. The number of methoxy groups -OCH3 is 2. The molecule has 0 saturated carbocycles. The van der Waals surface area contributed by atoms with Gasteiger partial charge in [-0.3, -0.25) is 0 Å². The van der Waals surface area contributed by atoms with Gasteiger partial charge in [-0.25, -0.2) is 19.9 Å². The summed E-state index contributed by atoms with van der Waals surface area (Å²) in [5.74, 6) is 1.99. The molecule has 3 heterocycles. The van der Waals surface area contributed by atoms with Crippen LogP contribution in [0.15, 0.2) is 30.6 Å². The van der Waals surface area contributed by atoms with Gasteiger partial charge in [0.25, 0.3) is 0 Å². The zero-order valence-electron chi connectivity index (χ0n) is 12.8. The van der Waals surface area contributed by atoms with Crippen LogP contribution in [-0.4, -0.2) is 34.2 Å². The Bertz CT molecular complexity index is 1070. The summed E-state index contributed by atoms with van der Waals surface area (Å²) in [6, 6.07) is 5.56. The Balaban J connectivity index is 2.02. The van der Waals surface area contributed by atoms with E-state index in [1.165, 1.54) is 0 Å². The Morgan fingerprint density at radius 1 is 1.00 bits per heavy atom. The van der Waals surface area contributed by atoms with Crippen molar-refractivity contribution in [1.29, 1.82) is 0 Å². The second-order valence-electron chi connectivity index (χ2n) is 4.89. The normalized spacial score (nSPS) is 11.1. The van der Waals surface area contributed by atoms with Gasteiger partial charge in [0.1, 0.15) is 31.1 Å². The highest BCUT2D eigenvalue weighted by atomic mass is 127. The van der Waals surface area contributed by atoms with Crippen molar-refractivity contribution in [2.75, 3.05) is 14.2 Å². The Morgan fingerprint density at radius 3 is 2.62 bits per heavy atom. The molecule has 4 rings (SSSR count). The summed E-state index contributed by atoms with van der Waals surface area (Å²) in [6.07, 6.45) is 3.36. The lowest BCUT2D eigenvalue weighted by Crippen LogP contribution is -1.96. The maximum Gasteiger partial charge on any atom is 0.165 e. The molecule has 0 aliphatic rings. The average molecular weight is 450 g/mol. The summed E-state index contributed by atoms with van der Waals surface area (Å²) in [5.41, 5.74) is 2.38. The molecule has 120 valence electrons. The predicted molar refractivity (Wildman–Crippen MR) is 102 cm³/mol. The number of aromatic nitrogens is 4. The fraction of sp³-hybridized carbons (Fsp3) is 0.125. The molecule has 4 aromatic rings. The van der Waals surface area contributed by atoms with Crippen molar-refractivity contribution in [3.63, 3.8) is 0 Å². The standard InChI is InChI=1S/C16H11IN4O2S/c1-22-8-3-4-10(23-2)9(7-8)15-20-11-12-16(19-6-5-18-12)24-13(11)14(17)21-15/h3-7H,1-2H3. The minimum atomic E-state index is 0.577. The van der Waals surface area contributed by atoms with Gasteiger partial charge in [-0.05, 0) is 40.8 Å². The minimum Gasteiger partial charge on any atom is -0.497 e. The van der Waals surface area contributed by atoms with Crippen molar-refractivity contribution in [3.8, 4) is 22.9 Å². The van der Waals surface area contributed by atoms with E-state index in [0.717, 1.165) is 35.6 Å². The minimum absolute atomic E-state index is 0.577. The molecule has 0 aliphatic heterocycles. The third-order valence-corrected chi connectivity index (χ3v) is 5.79. The quantitative estimate of drug-likeness (QED) is 0.348. The van der Waals surface area contributed by atoms with Crippen molar-refractivity contribution in [2.45, 2.75) is 0 Å². The topological polar surface area (TPSA) is 70.0 Å². The molecular formula is C16H11IN4O2S. The number of rotatable bonds is 3. The van der Waals surface area contributed by atoms with Gasteiger partial charge in [0.2, 0.25) is 0 Å². The van der Waals surface area contributed by atoms with Crippen LogP contribution in [0, 0.1) is 3.70 Å².